The lowest BCUT2D eigenvalue weighted by atomic mass is 9.93. The first kappa shape index (κ1) is 21.0. The first-order valence-corrected chi connectivity index (χ1v) is 10.7. The summed E-state index contributed by atoms with van der Waals surface area (Å²) in [7, 11) is 0. The van der Waals surface area contributed by atoms with Gasteiger partial charge in [0, 0.05) is 24.8 Å². The molecule has 3 heterocycles. The molecule has 2 aromatic heterocycles. The van der Waals surface area contributed by atoms with Gasteiger partial charge in [-0.05, 0) is 32.1 Å². The zero-order valence-electron chi connectivity index (χ0n) is 17.2. The Morgan fingerprint density at radius 1 is 1.03 bits per heavy atom. The Balaban J connectivity index is 1.51. The van der Waals surface area contributed by atoms with Gasteiger partial charge in [-0.15, -0.1) is 0 Å². The van der Waals surface area contributed by atoms with Gasteiger partial charge in [0.15, 0.2) is 17.3 Å². The van der Waals surface area contributed by atoms with Crippen LogP contribution in [0.2, 0.25) is 0 Å². The fraction of sp³-hybridized carbons (Fsp3) is 0.476. The number of halogens is 3. The van der Waals surface area contributed by atoms with E-state index in [4.69, 9.17) is 4.74 Å². The van der Waals surface area contributed by atoms with Gasteiger partial charge in [-0.1, -0.05) is 0 Å². The third-order valence-corrected chi connectivity index (χ3v) is 5.98. The van der Waals surface area contributed by atoms with Crippen LogP contribution in [0.15, 0.2) is 18.3 Å². The Kier molecular flexibility index (Phi) is 5.60. The molecule has 11 heteroatoms. The van der Waals surface area contributed by atoms with E-state index in [9.17, 15) is 18.3 Å². The van der Waals surface area contributed by atoms with Crippen LogP contribution in [0.3, 0.4) is 0 Å². The van der Waals surface area contributed by atoms with Crippen molar-refractivity contribution in [1.29, 1.82) is 0 Å². The Bertz CT molecular complexity index is 1100. The first-order valence-electron chi connectivity index (χ1n) is 10.7. The van der Waals surface area contributed by atoms with Crippen molar-refractivity contribution in [2.45, 2.75) is 50.3 Å². The largest absolute Gasteiger partial charge is 0.393 e. The van der Waals surface area contributed by atoms with Crippen LogP contribution >= 0.6 is 0 Å². The molecule has 0 radical (unpaired) electrons. The van der Waals surface area contributed by atoms with E-state index in [0.717, 1.165) is 25.7 Å². The lowest BCUT2D eigenvalue weighted by molar-refractivity contribution is 0.126. The van der Waals surface area contributed by atoms with Gasteiger partial charge in [0.05, 0.1) is 24.9 Å². The van der Waals surface area contributed by atoms with Crippen molar-refractivity contribution in [2.24, 2.45) is 0 Å². The maximum Gasteiger partial charge on any atom is 0.224 e. The lowest BCUT2D eigenvalue weighted by Crippen LogP contribution is -2.29. The number of fused-ring (bicyclic) bond motifs is 1. The summed E-state index contributed by atoms with van der Waals surface area (Å²) in [6.07, 6.45) is 5.04. The van der Waals surface area contributed by atoms with Crippen LogP contribution in [0, 0.1) is 17.5 Å². The highest BCUT2D eigenvalue weighted by atomic mass is 19.1. The van der Waals surface area contributed by atoms with Gasteiger partial charge in [0.2, 0.25) is 11.9 Å². The number of aliphatic hydroxyl groups excluding tert-OH is 1. The number of hydrogen-bond acceptors (Lipinski definition) is 7. The van der Waals surface area contributed by atoms with Gasteiger partial charge in [-0.3, -0.25) is 4.57 Å². The maximum atomic E-state index is 14.3. The summed E-state index contributed by atoms with van der Waals surface area (Å²) in [6, 6.07) is 1.24. The quantitative estimate of drug-likeness (QED) is 0.548. The van der Waals surface area contributed by atoms with Gasteiger partial charge in [0.25, 0.3) is 0 Å². The molecule has 32 heavy (non-hydrogen) atoms. The van der Waals surface area contributed by atoms with Crippen LogP contribution in [-0.2, 0) is 4.74 Å². The Morgan fingerprint density at radius 2 is 1.78 bits per heavy atom. The minimum absolute atomic E-state index is 0.137. The van der Waals surface area contributed by atoms with Crippen LogP contribution in [-0.4, -0.2) is 50.0 Å². The molecule has 0 spiro atoms. The number of anilines is 3. The second-order valence-corrected chi connectivity index (χ2v) is 8.24. The van der Waals surface area contributed by atoms with Gasteiger partial charge < -0.3 is 20.5 Å². The van der Waals surface area contributed by atoms with Crippen molar-refractivity contribution in [3.05, 3.63) is 35.8 Å². The predicted octanol–water partition coefficient (Wildman–Crippen LogP) is 3.66. The molecule has 1 aliphatic heterocycles. The zero-order valence-corrected chi connectivity index (χ0v) is 17.2. The van der Waals surface area contributed by atoms with Gasteiger partial charge in [-0.25, -0.2) is 23.1 Å². The molecule has 1 aromatic carbocycles. The molecule has 2 fully saturated rings. The van der Waals surface area contributed by atoms with E-state index in [1.165, 1.54) is 0 Å². The van der Waals surface area contributed by atoms with Crippen LogP contribution < -0.4 is 10.6 Å². The minimum atomic E-state index is -1.06. The van der Waals surface area contributed by atoms with E-state index >= 15 is 0 Å². The molecule has 8 nitrogen and oxygen atoms in total. The molecule has 1 atom stereocenters. The van der Waals surface area contributed by atoms with Gasteiger partial charge >= 0.3 is 0 Å². The summed E-state index contributed by atoms with van der Waals surface area (Å²) >= 11 is 0. The normalized spacial score (nSPS) is 23.6. The number of imidazole rings is 1. The van der Waals surface area contributed by atoms with Crippen LogP contribution in [0.25, 0.3) is 11.2 Å². The van der Waals surface area contributed by atoms with Crippen molar-refractivity contribution >= 4 is 28.7 Å². The van der Waals surface area contributed by atoms with E-state index in [1.54, 1.807) is 10.8 Å². The second-order valence-electron chi connectivity index (χ2n) is 8.24. The number of nitrogens with one attached hydrogen (secondary N) is 2. The predicted molar refractivity (Wildman–Crippen MR) is 111 cm³/mol. The molecule has 0 unspecified atom stereocenters. The molecule has 170 valence electrons. The highest BCUT2D eigenvalue weighted by Gasteiger charge is 2.27. The molecule has 1 aliphatic carbocycles. The van der Waals surface area contributed by atoms with Crippen LogP contribution in [0.4, 0.5) is 30.8 Å². The smallest absolute Gasteiger partial charge is 0.224 e. The van der Waals surface area contributed by atoms with Crippen molar-refractivity contribution in [3.63, 3.8) is 0 Å². The Hall–Kier alpha value is -2.92. The van der Waals surface area contributed by atoms with E-state index in [1.807, 2.05) is 0 Å². The van der Waals surface area contributed by atoms with Gasteiger partial charge in [-0.2, -0.15) is 4.98 Å². The lowest BCUT2D eigenvalue weighted by Gasteiger charge is -2.26. The average molecular weight is 448 g/mol. The highest BCUT2D eigenvalue weighted by Crippen LogP contribution is 2.32. The van der Waals surface area contributed by atoms with E-state index in [-0.39, 0.29) is 24.1 Å². The molecule has 1 saturated heterocycles. The fourth-order valence-electron chi connectivity index (χ4n) is 4.30. The van der Waals surface area contributed by atoms with Crippen LogP contribution in [0.5, 0.6) is 0 Å². The molecular weight excluding hydrogens is 425 g/mol. The topological polar surface area (TPSA) is 97.1 Å². The molecule has 0 amide bonds. The van der Waals surface area contributed by atoms with Crippen molar-refractivity contribution < 1.29 is 23.0 Å². The monoisotopic (exact) mass is 448 g/mol. The summed E-state index contributed by atoms with van der Waals surface area (Å²) < 4.78 is 49.1. The second kappa shape index (κ2) is 8.55. The summed E-state index contributed by atoms with van der Waals surface area (Å²) in [4.78, 5) is 13.4. The summed E-state index contributed by atoms with van der Waals surface area (Å²) in [5, 5.41) is 15.7. The maximum absolute atomic E-state index is 14.3. The SMILES string of the molecule is O[C@H]1CC[C@@H](Nc2ncc3nc(Nc4c(F)cc(F)cc4F)n([C@@H]4CCOC4)c3n2)CC1. The Morgan fingerprint density at radius 3 is 2.47 bits per heavy atom. The summed E-state index contributed by atoms with van der Waals surface area (Å²) in [5.74, 6) is -2.52. The molecule has 5 rings (SSSR count). The van der Waals surface area contributed by atoms with Crippen molar-refractivity contribution in [2.75, 3.05) is 23.8 Å². The molecule has 0 bridgehead atoms. The molecule has 1 saturated carbocycles. The average Bonchev–Trinajstić information content (AvgIpc) is 3.39. The highest BCUT2D eigenvalue weighted by molar-refractivity contribution is 5.76. The summed E-state index contributed by atoms with van der Waals surface area (Å²) in [5.41, 5.74) is 0.458. The number of hydrogen-bond donors (Lipinski definition) is 3. The fourth-order valence-corrected chi connectivity index (χ4v) is 4.30. The molecular formula is C21H23F3N6O2. The Labute approximate surface area is 181 Å². The molecule has 2 aliphatic rings. The molecule has 3 aromatic rings. The zero-order chi connectivity index (χ0) is 22.2. The first-order chi connectivity index (χ1) is 15.5. The van der Waals surface area contributed by atoms with E-state index in [2.05, 4.69) is 25.6 Å². The van der Waals surface area contributed by atoms with Gasteiger partial charge in [0.1, 0.15) is 17.0 Å². The van der Waals surface area contributed by atoms with Crippen molar-refractivity contribution in [1.82, 2.24) is 19.5 Å². The minimum Gasteiger partial charge on any atom is -0.393 e. The molecule has 3 N–H and O–H groups in total. The van der Waals surface area contributed by atoms with E-state index in [0.29, 0.717) is 48.9 Å². The van der Waals surface area contributed by atoms with E-state index < -0.39 is 23.1 Å². The number of aromatic nitrogens is 4. The number of benzene rings is 1. The summed E-state index contributed by atoms with van der Waals surface area (Å²) in [6.45, 7) is 0.950. The van der Waals surface area contributed by atoms with Crippen molar-refractivity contribution in [3.8, 4) is 0 Å². The number of aliphatic hydroxyl groups is 1. The number of rotatable bonds is 5. The third kappa shape index (κ3) is 4.09. The van der Waals surface area contributed by atoms with Crippen LogP contribution in [0.1, 0.15) is 38.1 Å². The standard InChI is InChI=1S/C21H23F3N6O2/c22-11-7-15(23)18(16(24)8-11)28-21-27-17-9-25-20(26-12-1-3-14(31)4-2-12)29-19(17)30(21)13-5-6-32-10-13/h7-9,12-14,31H,1-6,10H2,(H,27,28)(H,25,26,29)/t12-,13-,14+/m1/s1. The number of ether oxygens (including phenoxy) is 1. The third-order valence-electron chi connectivity index (χ3n) is 5.98. The number of nitrogens with zero attached hydrogens (tertiary/aromatic N) is 4.